The summed E-state index contributed by atoms with van der Waals surface area (Å²) in [4.78, 5) is 0. The molecular weight excluding hydrogens is 213 g/mol. The maximum absolute atomic E-state index is 13.0. The largest absolute Gasteiger partial charge is 0.396 e. The van der Waals surface area contributed by atoms with Crippen molar-refractivity contribution in [3.05, 3.63) is 35.4 Å². The summed E-state index contributed by atoms with van der Waals surface area (Å²) >= 11 is 0. The van der Waals surface area contributed by atoms with Crippen LogP contribution in [0.1, 0.15) is 37.8 Å². The summed E-state index contributed by atoms with van der Waals surface area (Å²) < 4.78 is 39.0. The van der Waals surface area contributed by atoms with Crippen molar-refractivity contribution < 1.29 is 13.2 Å². The van der Waals surface area contributed by atoms with E-state index in [2.05, 4.69) is 0 Å². The third kappa shape index (κ3) is 3.00. The highest BCUT2D eigenvalue weighted by Gasteiger charge is 2.47. The van der Waals surface area contributed by atoms with E-state index in [1.807, 2.05) is 6.92 Å². The summed E-state index contributed by atoms with van der Waals surface area (Å²) in [6.45, 7) is 6.71. The maximum Gasteiger partial charge on any atom is 0.396 e. The molecule has 90 valence electrons. The summed E-state index contributed by atoms with van der Waals surface area (Å²) in [5.74, 6) is -1.42. The highest BCUT2D eigenvalue weighted by molar-refractivity contribution is 5.27. The van der Waals surface area contributed by atoms with E-state index in [1.165, 1.54) is 0 Å². The molecule has 0 heterocycles. The topological polar surface area (TPSA) is 0 Å². The highest BCUT2D eigenvalue weighted by atomic mass is 19.4. The van der Waals surface area contributed by atoms with Gasteiger partial charge in [-0.3, -0.25) is 0 Å². The highest BCUT2D eigenvalue weighted by Crippen LogP contribution is 2.46. The first-order chi connectivity index (χ1) is 7.12. The Hall–Kier alpha value is -0.990. The molecule has 0 radical (unpaired) electrons. The predicted octanol–water partition coefficient (Wildman–Crippen LogP) is 4.69. The lowest BCUT2D eigenvalue weighted by molar-refractivity contribution is -0.171. The Morgan fingerprint density at radius 3 is 1.69 bits per heavy atom. The van der Waals surface area contributed by atoms with Crippen molar-refractivity contribution in [2.45, 2.75) is 39.8 Å². The summed E-state index contributed by atoms with van der Waals surface area (Å²) in [7, 11) is 0. The molecule has 0 nitrogen and oxygen atoms in total. The van der Waals surface area contributed by atoms with Crippen LogP contribution in [-0.2, 0) is 0 Å². The first-order valence-corrected chi connectivity index (χ1v) is 5.25. The second kappa shape index (κ2) is 4.11. The van der Waals surface area contributed by atoms with Crippen LogP contribution in [0.15, 0.2) is 24.3 Å². The van der Waals surface area contributed by atoms with Crippen molar-refractivity contribution in [3.8, 4) is 0 Å². The Labute approximate surface area is 94.5 Å². The van der Waals surface area contributed by atoms with Crippen LogP contribution in [0, 0.1) is 12.3 Å². The standard InChI is InChI=1S/C13H17F3/c1-9-5-7-10(8-6-9)11(12(2,3)4)13(14,15)16/h5-8,11H,1-4H3. The summed E-state index contributed by atoms with van der Waals surface area (Å²) in [6.07, 6.45) is -4.20. The van der Waals surface area contributed by atoms with Crippen molar-refractivity contribution in [3.63, 3.8) is 0 Å². The van der Waals surface area contributed by atoms with Gasteiger partial charge in [-0.05, 0) is 17.9 Å². The van der Waals surface area contributed by atoms with Gasteiger partial charge in [-0.1, -0.05) is 50.6 Å². The molecule has 0 aromatic heterocycles. The van der Waals surface area contributed by atoms with Crippen molar-refractivity contribution in [1.82, 2.24) is 0 Å². The van der Waals surface area contributed by atoms with Crippen molar-refractivity contribution in [2.24, 2.45) is 5.41 Å². The van der Waals surface area contributed by atoms with Crippen LogP contribution in [-0.4, -0.2) is 6.18 Å². The molecule has 1 rings (SSSR count). The van der Waals surface area contributed by atoms with Gasteiger partial charge < -0.3 is 0 Å². The van der Waals surface area contributed by atoms with Gasteiger partial charge in [-0.25, -0.2) is 0 Å². The van der Waals surface area contributed by atoms with Gasteiger partial charge in [0.05, 0.1) is 5.92 Å². The van der Waals surface area contributed by atoms with Gasteiger partial charge in [0.2, 0.25) is 0 Å². The van der Waals surface area contributed by atoms with E-state index in [9.17, 15) is 13.2 Å². The van der Waals surface area contributed by atoms with Crippen LogP contribution in [0.3, 0.4) is 0 Å². The zero-order chi connectivity index (χ0) is 12.6. The fourth-order valence-electron chi connectivity index (χ4n) is 1.94. The summed E-state index contributed by atoms with van der Waals surface area (Å²) in [5, 5.41) is 0. The normalized spacial score (nSPS) is 14.9. The molecule has 0 fully saturated rings. The van der Waals surface area contributed by atoms with Crippen LogP contribution in [0.5, 0.6) is 0 Å². The van der Waals surface area contributed by atoms with Gasteiger partial charge in [0.1, 0.15) is 0 Å². The molecule has 1 aromatic carbocycles. The number of hydrogen-bond donors (Lipinski definition) is 0. The zero-order valence-electron chi connectivity index (χ0n) is 10.0. The average Bonchev–Trinajstić information content (AvgIpc) is 2.03. The Morgan fingerprint density at radius 1 is 0.938 bits per heavy atom. The van der Waals surface area contributed by atoms with E-state index >= 15 is 0 Å². The van der Waals surface area contributed by atoms with Gasteiger partial charge in [-0.2, -0.15) is 13.2 Å². The van der Waals surface area contributed by atoms with Gasteiger partial charge in [0, 0.05) is 0 Å². The van der Waals surface area contributed by atoms with Gasteiger partial charge in [-0.15, -0.1) is 0 Å². The molecule has 0 saturated carbocycles. The van der Waals surface area contributed by atoms with Crippen LogP contribution < -0.4 is 0 Å². The van der Waals surface area contributed by atoms with Crippen LogP contribution in [0.4, 0.5) is 13.2 Å². The fourth-order valence-corrected chi connectivity index (χ4v) is 1.94. The van der Waals surface area contributed by atoms with Gasteiger partial charge in [0.25, 0.3) is 0 Å². The molecular formula is C13H17F3. The molecule has 3 heteroatoms. The number of aryl methyl sites for hydroxylation is 1. The minimum absolute atomic E-state index is 0.339. The minimum atomic E-state index is -4.20. The Morgan fingerprint density at radius 2 is 1.38 bits per heavy atom. The Bertz CT molecular complexity index is 327. The fraction of sp³-hybridized carbons (Fsp3) is 0.538. The monoisotopic (exact) mass is 230 g/mol. The second-order valence-corrected chi connectivity index (χ2v) is 5.25. The Balaban J connectivity index is 3.18. The van der Waals surface area contributed by atoms with Crippen molar-refractivity contribution in [1.29, 1.82) is 0 Å². The minimum Gasteiger partial charge on any atom is -0.170 e. The third-order valence-corrected chi connectivity index (χ3v) is 2.60. The molecule has 0 N–H and O–H groups in total. The first-order valence-electron chi connectivity index (χ1n) is 5.25. The van der Waals surface area contributed by atoms with E-state index in [0.717, 1.165) is 5.56 Å². The van der Waals surface area contributed by atoms with E-state index in [1.54, 1.807) is 45.0 Å². The molecule has 0 aliphatic carbocycles. The molecule has 0 bridgehead atoms. The van der Waals surface area contributed by atoms with Crippen LogP contribution >= 0.6 is 0 Å². The number of rotatable bonds is 1. The molecule has 1 aromatic rings. The molecule has 0 spiro atoms. The van der Waals surface area contributed by atoms with Crippen LogP contribution in [0.25, 0.3) is 0 Å². The number of benzene rings is 1. The summed E-state index contributed by atoms with van der Waals surface area (Å²) in [6, 6.07) is 6.58. The molecule has 0 saturated heterocycles. The quantitative estimate of drug-likeness (QED) is 0.656. The number of alkyl halides is 3. The molecule has 0 aliphatic heterocycles. The zero-order valence-corrected chi connectivity index (χ0v) is 10.0. The van der Waals surface area contributed by atoms with Gasteiger partial charge in [0.15, 0.2) is 0 Å². The molecule has 0 amide bonds. The first kappa shape index (κ1) is 13.1. The maximum atomic E-state index is 13.0. The summed E-state index contributed by atoms with van der Waals surface area (Å²) in [5.41, 5.74) is 0.484. The van der Waals surface area contributed by atoms with E-state index in [4.69, 9.17) is 0 Å². The Kier molecular flexibility index (Phi) is 3.36. The molecule has 1 atom stereocenters. The number of hydrogen-bond acceptors (Lipinski definition) is 0. The van der Waals surface area contributed by atoms with Gasteiger partial charge >= 0.3 is 6.18 Å². The number of halogens is 3. The lowest BCUT2D eigenvalue weighted by Gasteiger charge is -2.32. The predicted molar refractivity (Wildman–Crippen MR) is 59.4 cm³/mol. The SMILES string of the molecule is Cc1ccc(C(C(C)(C)C)C(F)(F)F)cc1. The molecule has 0 aliphatic rings. The molecule has 16 heavy (non-hydrogen) atoms. The lowest BCUT2D eigenvalue weighted by Crippen LogP contribution is -2.32. The second-order valence-electron chi connectivity index (χ2n) is 5.25. The van der Waals surface area contributed by atoms with E-state index in [-0.39, 0.29) is 0 Å². The molecule has 1 unspecified atom stereocenters. The van der Waals surface area contributed by atoms with E-state index < -0.39 is 17.5 Å². The van der Waals surface area contributed by atoms with Crippen molar-refractivity contribution in [2.75, 3.05) is 0 Å². The average molecular weight is 230 g/mol. The van der Waals surface area contributed by atoms with Crippen molar-refractivity contribution >= 4 is 0 Å². The smallest absolute Gasteiger partial charge is 0.170 e. The van der Waals surface area contributed by atoms with Crippen LogP contribution in [0.2, 0.25) is 0 Å². The van der Waals surface area contributed by atoms with E-state index in [0.29, 0.717) is 5.56 Å². The lowest BCUT2D eigenvalue weighted by atomic mass is 9.76. The third-order valence-electron chi connectivity index (χ3n) is 2.60.